The highest BCUT2D eigenvalue weighted by molar-refractivity contribution is 6.04. The third-order valence-electron chi connectivity index (χ3n) is 10.7. The maximum absolute atomic E-state index is 5.13. The average molecular weight is 673 g/mol. The zero-order valence-electron chi connectivity index (χ0n) is 29.7. The Bertz CT molecular complexity index is 2530. The highest BCUT2D eigenvalue weighted by Gasteiger charge is 2.17. The van der Waals surface area contributed by atoms with E-state index in [1.165, 1.54) is 43.2 Å². The summed E-state index contributed by atoms with van der Waals surface area (Å²) in [5.74, 6) is 1.43. The van der Waals surface area contributed by atoms with Crippen molar-refractivity contribution in [2.45, 2.75) is 51.9 Å². The Morgan fingerprint density at radius 1 is 0.442 bits per heavy atom. The van der Waals surface area contributed by atoms with E-state index < -0.39 is 0 Å². The molecule has 0 atom stereocenters. The van der Waals surface area contributed by atoms with Crippen LogP contribution >= 0.6 is 0 Å². The lowest BCUT2D eigenvalue weighted by Crippen LogP contribution is -2.04. The van der Waals surface area contributed by atoms with Crippen molar-refractivity contribution in [2.24, 2.45) is 0 Å². The minimum Gasteiger partial charge on any atom is -0.251 e. The van der Waals surface area contributed by atoms with Crippen LogP contribution < -0.4 is 0 Å². The SMILES string of the molecule is Cc1ccc2ccc3c(C)cc(-c4ccc(-c5ccc(-c6cc(-c7ccccc7)nc(-c7ccc(C8CCCCC8)cc7)n6)cc5)cc4)nc3c2n1. The van der Waals surface area contributed by atoms with Gasteiger partial charge in [0, 0.05) is 38.7 Å². The Hall–Kier alpha value is -6.00. The monoisotopic (exact) mass is 672 g/mol. The highest BCUT2D eigenvalue weighted by atomic mass is 14.9. The van der Waals surface area contributed by atoms with E-state index in [0.717, 1.165) is 83.8 Å². The van der Waals surface area contributed by atoms with Gasteiger partial charge in [-0.1, -0.05) is 141 Å². The molecule has 0 spiro atoms. The fourth-order valence-corrected chi connectivity index (χ4v) is 7.77. The second-order valence-electron chi connectivity index (χ2n) is 14.3. The maximum atomic E-state index is 5.13. The molecule has 0 N–H and O–H groups in total. The van der Waals surface area contributed by atoms with Crippen molar-refractivity contribution in [3.8, 4) is 56.3 Å². The standard InChI is InChI=1S/C48H40N4/c1-31-29-43(50-47-42(31)28-27-40-14-13-32(2)49-46(40)47)38-21-15-35(16-22-38)36-17-23-39(24-18-36)45-30-44(37-11-7-4-8-12-37)51-48(52-45)41-25-19-34(20-26-41)33-9-5-3-6-10-33/h4,7-8,11-30,33H,3,5-6,9-10H2,1-2H3. The summed E-state index contributed by atoms with van der Waals surface area (Å²) in [5, 5.41) is 2.25. The second kappa shape index (κ2) is 13.6. The van der Waals surface area contributed by atoms with E-state index in [-0.39, 0.29) is 0 Å². The van der Waals surface area contributed by atoms with E-state index in [0.29, 0.717) is 5.92 Å². The van der Waals surface area contributed by atoms with Gasteiger partial charge in [0.05, 0.1) is 28.1 Å². The summed E-state index contributed by atoms with van der Waals surface area (Å²) in [6.07, 6.45) is 6.62. The minimum atomic E-state index is 0.673. The first-order chi connectivity index (χ1) is 25.6. The number of rotatable bonds is 6. The van der Waals surface area contributed by atoms with E-state index in [4.69, 9.17) is 19.9 Å². The predicted molar refractivity (Wildman–Crippen MR) is 215 cm³/mol. The summed E-state index contributed by atoms with van der Waals surface area (Å²) in [5.41, 5.74) is 14.9. The molecule has 9 rings (SSSR count). The van der Waals surface area contributed by atoms with Crippen LogP contribution in [0.4, 0.5) is 0 Å². The number of benzene rings is 5. The van der Waals surface area contributed by atoms with Crippen molar-refractivity contribution < 1.29 is 0 Å². The molecule has 1 saturated carbocycles. The molecule has 0 unspecified atom stereocenters. The molecule has 0 bridgehead atoms. The Labute approximate surface area is 305 Å². The van der Waals surface area contributed by atoms with Gasteiger partial charge in [0.15, 0.2) is 5.82 Å². The molecule has 0 saturated heterocycles. The van der Waals surface area contributed by atoms with Gasteiger partial charge in [0.1, 0.15) is 0 Å². The fraction of sp³-hybridized carbons (Fsp3) is 0.167. The summed E-state index contributed by atoms with van der Waals surface area (Å²) in [4.78, 5) is 20.2. The number of nitrogens with zero attached hydrogens (tertiary/aromatic N) is 4. The van der Waals surface area contributed by atoms with E-state index >= 15 is 0 Å². The third-order valence-corrected chi connectivity index (χ3v) is 10.7. The van der Waals surface area contributed by atoms with Crippen LogP contribution in [-0.4, -0.2) is 19.9 Å². The van der Waals surface area contributed by atoms with E-state index in [1.54, 1.807) is 0 Å². The van der Waals surface area contributed by atoms with Gasteiger partial charge in [-0.2, -0.15) is 0 Å². The quantitative estimate of drug-likeness (QED) is 0.165. The predicted octanol–water partition coefficient (Wildman–Crippen LogP) is 12.6. The molecule has 1 aliphatic rings. The summed E-state index contributed by atoms with van der Waals surface area (Å²) in [7, 11) is 0. The van der Waals surface area contributed by atoms with Gasteiger partial charge in [-0.3, -0.25) is 4.98 Å². The number of pyridine rings is 2. The van der Waals surface area contributed by atoms with Crippen LogP contribution in [0.2, 0.25) is 0 Å². The lowest BCUT2D eigenvalue weighted by atomic mass is 9.84. The first-order valence-corrected chi connectivity index (χ1v) is 18.5. The number of fused-ring (bicyclic) bond motifs is 3. The lowest BCUT2D eigenvalue weighted by molar-refractivity contribution is 0.443. The van der Waals surface area contributed by atoms with Crippen molar-refractivity contribution in [2.75, 3.05) is 0 Å². The molecule has 1 aliphatic carbocycles. The van der Waals surface area contributed by atoms with Crippen LogP contribution in [0.25, 0.3) is 78.1 Å². The van der Waals surface area contributed by atoms with E-state index in [2.05, 4.69) is 140 Å². The Balaban J connectivity index is 1.02. The number of aromatic nitrogens is 4. The largest absolute Gasteiger partial charge is 0.251 e. The fourth-order valence-electron chi connectivity index (χ4n) is 7.77. The molecule has 1 fully saturated rings. The molecule has 5 aromatic carbocycles. The summed E-state index contributed by atoms with van der Waals surface area (Å²) >= 11 is 0. The lowest BCUT2D eigenvalue weighted by Gasteiger charge is -2.22. The van der Waals surface area contributed by atoms with Crippen molar-refractivity contribution >= 4 is 21.8 Å². The molecular weight excluding hydrogens is 633 g/mol. The zero-order chi connectivity index (χ0) is 35.0. The van der Waals surface area contributed by atoms with Gasteiger partial charge < -0.3 is 0 Å². The smallest absolute Gasteiger partial charge is 0.160 e. The van der Waals surface area contributed by atoms with Gasteiger partial charge in [-0.05, 0) is 73.1 Å². The van der Waals surface area contributed by atoms with Crippen molar-refractivity contribution in [3.05, 3.63) is 156 Å². The van der Waals surface area contributed by atoms with Crippen LogP contribution in [0.15, 0.2) is 140 Å². The summed E-state index contributed by atoms with van der Waals surface area (Å²) in [6, 6.07) is 49.6. The second-order valence-corrected chi connectivity index (χ2v) is 14.3. The Morgan fingerprint density at radius 3 is 1.65 bits per heavy atom. The molecule has 4 heteroatoms. The van der Waals surface area contributed by atoms with Crippen LogP contribution in [0, 0.1) is 13.8 Å². The van der Waals surface area contributed by atoms with Gasteiger partial charge >= 0.3 is 0 Å². The highest BCUT2D eigenvalue weighted by Crippen LogP contribution is 2.35. The van der Waals surface area contributed by atoms with Crippen LogP contribution in [0.5, 0.6) is 0 Å². The normalized spacial score (nSPS) is 13.5. The summed E-state index contributed by atoms with van der Waals surface area (Å²) < 4.78 is 0. The van der Waals surface area contributed by atoms with Crippen molar-refractivity contribution in [1.29, 1.82) is 0 Å². The first kappa shape index (κ1) is 31.9. The Morgan fingerprint density at radius 2 is 1.00 bits per heavy atom. The average Bonchev–Trinajstić information content (AvgIpc) is 3.21. The van der Waals surface area contributed by atoms with Crippen LogP contribution in [0.3, 0.4) is 0 Å². The number of hydrogen-bond donors (Lipinski definition) is 0. The number of hydrogen-bond acceptors (Lipinski definition) is 4. The summed E-state index contributed by atoms with van der Waals surface area (Å²) in [6.45, 7) is 4.19. The molecule has 3 aromatic heterocycles. The van der Waals surface area contributed by atoms with Crippen molar-refractivity contribution in [3.63, 3.8) is 0 Å². The zero-order valence-corrected chi connectivity index (χ0v) is 29.7. The molecular formula is C48H40N4. The first-order valence-electron chi connectivity index (χ1n) is 18.5. The molecule has 8 aromatic rings. The molecule has 0 aliphatic heterocycles. The van der Waals surface area contributed by atoms with Crippen LogP contribution in [-0.2, 0) is 0 Å². The maximum Gasteiger partial charge on any atom is 0.160 e. The third kappa shape index (κ3) is 6.26. The number of aryl methyl sites for hydroxylation is 2. The van der Waals surface area contributed by atoms with E-state index in [1.807, 2.05) is 13.0 Å². The molecule has 0 radical (unpaired) electrons. The molecule has 4 nitrogen and oxygen atoms in total. The van der Waals surface area contributed by atoms with Gasteiger partial charge in [-0.15, -0.1) is 0 Å². The topological polar surface area (TPSA) is 51.6 Å². The van der Waals surface area contributed by atoms with Crippen molar-refractivity contribution in [1.82, 2.24) is 19.9 Å². The molecule has 252 valence electrons. The minimum absolute atomic E-state index is 0.673. The van der Waals surface area contributed by atoms with Gasteiger partial charge in [-0.25, -0.2) is 15.0 Å². The van der Waals surface area contributed by atoms with Gasteiger partial charge in [0.2, 0.25) is 0 Å². The van der Waals surface area contributed by atoms with Gasteiger partial charge in [0.25, 0.3) is 0 Å². The Kier molecular flexibility index (Phi) is 8.36. The molecule has 3 heterocycles. The van der Waals surface area contributed by atoms with E-state index in [9.17, 15) is 0 Å². The van der Waals surface area contributed by atoms with Crippen LogP contribution in [0.1, 0.15) is 54.8 Å². The molecule has 0 amide bonds. The molecule has 52 heavy (non-hydrogen) atoms.